The van der Waals surface area contributed by atoms with Crippen LogP contribution in [0.15, 0.2) is 48.5 Å². The number of hydrogen-bond donors (Lipinski definition) is 1. The van der Waals surface area contributed by atoms with Crippen molar-refractivity contribution in [2.24, 2.45) is 0 Å². The Hall–Kier alpha value is -2.74. The van der Waals surface area contributed by atoms with Crippen molar-refractivity contribution in [2.75, 3.05) is 11.9 Å². The van der Waals surface area contributed by atoms with Gasteiger partial charge in [-0.2, -0.15) is 13.2 Å². The summed E-state index contributed by atoms with van der Waals surface area (Å²) in [6.07, 6.45) is -5.62. The Kier molecular flexibility index (Phi) is 6.68. The molecule has 0 aromatic heterocycles. The molecule has 0 aliphatic carbocycles. The Morgan fingerprint density at radius 1 is 1.07 bits per heavy atom. The number of alkyl halides is 3. The van der Waals surface area contributed by atoms with Crippen molar-refractivity contribution in [3.8, 4) is 5.75 Å². The monoisotopic (exact) mass is 401 g/mol. The van der Waals surface area contributed by atoms with Gasteiger partial charge < -0.3 is 14.8 Å². The van der Waals surface area contributed by atoms with Crippen molar-refractivity contribution in [2.45, 2.75) is 19.2 Å². The first-order valence-corrected chi connectivity index (χ1v) is 8.09. The van der Waals surface area contributed by atoms with Gasteiger partial charge in [-0.1, -0.05) is 11.6 Å². The van der Waals surface area contributed by atoms with Crippen LogP contribution in [0.2, 0.25) is 5.02 Å². The van der Waals surface area contributed by atoms with Gasteiger partial charge in [0, 0.05) is 10.7 Å². The molecule has 144 valence electrons. The van der Waals surface area contributed by atoms with Crippen molar-refractivity contribution in [3.63, 3.8) is 0 Å². The Balaban J connectivity index is 1.82. The first-order valence-electron chi connectivity index (χ1n) is 7.71. The summed E-state index contributed by atoms with van der Waals surface area (Å²) < 4.78 is 47.6. The van der Waals surface area contributed by atoms with E-state index in [2.05, 4.69) is 5.32 Å². The second-order valence-electron chi connectivity index (χ2n) is 5.44. The highest BCUT2D eigenvalue weighted by atomic mass is 35.5. The van der Waals surface area contributed by atoms with Crippen LogP contribution in [0.5, 0.6) is 5.75 Å². The highest BCUT2D eigenvalue weighted by Crippen LogP contribution is 2.29. The maximum absolute atomic E-state index is 12.5. The summed E-state index contributed by atoms with van der Waals surface area (Å²) >= 11 is 5.73. The van der Waals surface area contributed by atoms with Gasteiger partial charge in [0.1, 0.15) is 5.75 Å². The third kappa shape index (κ3) is 6.49. The van der Waals surface area contributed by atoms with Crippen molar-refractivity contribution in [1.29, 1.82) is 0 Å². The molecule has 1 atom stereocenters. The average Bonchev–Trinajstić information content (AvgIpc) is 2.61. The lowest BCUT2D eigenvalue weighted by Gasteiger charge is -2.14. The van der Waals surface area contributed by atoms with E-state index in [4.69, 9.17) is 21.1 Å². The molecule has 0 aliphatic heterocycles. The van der Waals surface area contributed by atoms with Crippen molar-refractivity contribution in [1.82, 2.24) is 0 Å². The topological polar surface area (TPSA) is 64.6 Å². The Bertz CT molecular complexity index is 792. The minimum atomic E-state index is -4.46. The van der Waals surface area contributed by atoms with Gasteiger partial charge in [-0.3, -0.25) is 4.79 Å². The van der Waals surface area contributed by atoms with E-state index >= 15 is 0 Å². The number of carbonyl (C=O) groups excluding carboxylic acids is 2. The number of ether oxygens (including phenoxy) is 2. The van der Waals surface area contributed by atoms with E-state index in [9.17, 15) is 22.8 Å². The number of hydrogen-bond acceptors (Lipinski definition) is 4. The second kappa shape index (κ2) is 8.77. The maximum atomic E-state index is 12.5. The fourth-order valence-corrected chi connectivity index (χ4v) is 2.07. The summed E-state index contributed by atoms with van der Waals surface area (Å²) in [7, 11) is 0. The fraction of sp³-hybridized carbons (Fsp3) is 0.222. The molecule has 0 aliphatic rings. The first-order chi connectivity index (χ1) is 12.6. The van der Waals surface area contributed by atoms with Crippen molar-refractivity contribution >= 4 is 29.2 Å². The molecule has 27 heavy (non-hydrogen) atoms. The minimum absolute atomic E-state index is 0.147. The van der Waals surface area contributed by atoms with Crippen LogP contribution in [0.25, 0.3) is 0 Å². The SMILES string of the molecule is C[C@H](OC(=O)COc1ccc(Cl)cc1)C(=O)Nc1ccc(C(F)(F)F)cc1. The number of amides is 1. The number of rotatable bonds is 6. The zero-order chi connectivity index (χ0) is 20.0. The van der Waals surface area contributed by atoms with E-state index in [1.54, 1.807) is 24.3 Å². The Morgan fingerprint density at radius 2 is 1.67 bits per heavy atom. The summed E-state index contributed by atoms with van der Waals surface area (Å²) in [5.41, 5.74) is -0.687. The standard InChI is InChI=1S/C18H15ClF3NO4/c1-11(27-16(24)10-26-15-8-4-13(19)5-9-15)17(25)23-14-6-2-12(3-7-14)18(20,21)22/h2-9,11H,10H2,1H3,(H,23,25)/t11-/m0/s1. The molecule has 2 aromatic rings. The lowest BCUT2D eigenvalue weighted by molar-refractivity contribution is -0.155. The smallest absolute Gasteiger partial charge is 0.416 e. The number of halogens is 4. The van der Waals surface area contributed by atoms with Gasteiger partial charge in [-0.15, -0.1) is 0 Å². The molecule has 0 unspecified atom stereocenters. The number of carbonyl (C=O) groups is 2. The lowest BCUT2D eigenvalue weighted by atomic mass is 10.2. The molecule has 2 aromatic carbocycles. The zero-order valence-corrected chi connectivity index (χ0v) is 14.8. The zero-order valence-electron chi connectivity index (χ0n) is 14.0. The molecule has 0 spiro atoms. The van der Waals surface area contributed by atoms with Crippen LogP contribution >= 0.6 is 11.6 Å². The Morgan fingerprint density at radius 3 is 2.22 bits per heavy atom. The normalized spacial score (nSPS) is 12.2. The summed E-state index contributed by atoms with van der Waals surface area (Å²) in [6.45, 7) is 0.916. The van der Waals surface area contributed by atoms with E-state index in [1.807, 2.05) is 0 Å². The lowest BCUT2D eigenvalue weighted by Crippen LogP contribution is -2.31. The highest BCUT2D eigenvalue weighted by molar-refractivity contribution is 6.30. The van der Waals surface area contributed by atoms with Crippen LogP contribution in [0.3, 0.4) is 0 Å². The highest BCUT2D eigenvalue weighted by Gasteiger charge is 2.30. The largest absolute Gasteiger partial charge is 0.482 e. The van der Waals surface area contributed by atoms with Crippen LogP contribution in [-0.4, -0.2) is 24.6 Å². The van der Waals surface area contributed by atoms with Gasteiger partial charge in [-0.25, -0.2) is 4.79 Å². The molecule has 5 nitrogen and oxygen atoms in total. The summed E-state index contributed by atoms with van der Waals surface area (Å²) in [5, 5.41) is 2.88. The van der Waals surface area contributed by atoms with Crippen LogP contribution < -0.4 is 10.1 Å². The number of anilines is 1. The Labute approximate surface area is 158 Å². The van der Waals surface area contributed by atoms with Gasteiger partial charge in [0.2, 0.25) is 0 Å². The number of esters is 1. The molecule has 9 heteroatoms. The van der Waals surface area contributed by atoms with Gasteiger partial charge in [-0.05, 0) is 55.5 Å². The predicted molar refractivity (Wildman–Crippen MR) is 92.6 cm³/mol. The van der Waals surface area contributed by atoms with Crippen LogP contribution in [0.1, 0.15) is 12.5 Å². The molecule has 0 saturated heterocycles. The van der Waals surface area contributed by atoms with Crippen LogP contribution in [0, 0.1) is 0 Å². The molecule has 0 bridgehead atoms. The number of nitrogens with one attached hydrogen (secondary N) is 1. The molecule has 0 fully saturated rings. The van der Waals surface area contributed by atoms with Gasteiger partial charge in [0.05, 0.1) is 5.56 Å². The quantitative estimate of drug-likeness (QED) is 0.733. The minimum Gasteiger partial charge on any atom is -0.482 e. The summed E-state index contributed by atoms with van der Waals surface area (Å²) in [5.74, 6) is -1.06. The summed E-state index contributed by atoms with van der Waals surface area (Å²) in [6, 6.07) is 10.2. The fourth-order valence-electron chi connectivity index (χ4n) is 1.94. The third-order valence-corrected chi connectivity index (χ3v) is 3.58. The molecule has 0 radical (unpaired) electrons. The van der Waals surface area contributed by atoms with Crippen molar-refractivity contribution < 1.29 is 32.2 Å². The maximum Gasteiger partial charge on any atom is 0.416 e. The van der Waals surface area contributed by atoms with E-state index in [1.165, 1.54) is 6.92 Å². The van der Waals surface area contributed by atoms with Gasteiger partial charge in [0.25, 0.3) is 5.91 Å². The van der Waals surface area contributed by atoms with E-state index in [0.29, 0.717) is 10.8 Å². The molecule has 0 saturated carbocycles. The van der Waals surface area contributed by atoms with Crippen LogP contribution in [0.4, 0.5) is 18.9 Å². The summed E-state index contributed by atoms with van der Waals surface area (Å²) in [4.78, 5) is 23.7. The molecule has 1 amide bonds. The third-order valence-electron chi connectivity index (χ3n) is 3.33. The van der Waals surface area contributed by atoms with Gasteiger partial charge in [0.15, 0.2) is 12.7 Å². The van der Waals surface area contributed by atoms with Gasteiger partial charge >= 0.3 is 12.1 Å². The first kappa shape index (κ1) is 20.6. The van der Waals surface area contributed by atoms with Crippen molar-refractivity contribution in [3.05, 3.63) is 59.1 Å². The molecule has 2 rings (SSSR count). The molecular formula is C18H15ClF3NO4. The second-order valence-corrected chi connectivity index (χ2v) is 5.88. The molecular weight excluding hydrogens is 387 g/mol. The predicted octanol–water partition coefficient (Wildman–Crippen LogP) is 4.31. The number of benzene rings is 2. The van der Waals surface area contributed by atoms with E-state index in [-0.39, 0.29) is 5.69 Å². The molecule has 1 N–H and O–H groups in total. The van der Waals surface area contributed by atoms with E-state index < -0.39 is 36.3 Å². The molecule has 0 heterocycles. The van der Waals surface area contributed by atoms with E-state index in [0.717, 1.165) is 24.3 Å². The van der Waals surface area contributed by atoms with Crippen LogP contribution in [-0.2, 0) is 20.5 Å². The average molecular weight is 402 g/mol.